The van der Waals surface area contributed by atoms with Gasteiger partial charge in [0.15, 0.2) is 0 Å². The van der Waals surface area contributed by atoms with Crippen molar-refractivity contribution in [1.29, 1.82) is 0 Å². The minimum atomic E-state index is -0.871. The lowest BCUT2D eigenvalue weighted by Crippen LogP contribution is -2.35. The first-order valence-corrected chi connectivity index (χ1v) is 9.35. The number of aromatic nitrogens is 1. The predicted octanol–water partition coefficient (Wildman–Crippen LogP) is 3.54. The van der Waals surface area contributed by atoms with Crippen molar-refractivity contribution in [3.05, 3.63) is 71.1 Å². The summed E-state index contributed by atoms with van der Waals surface area (Å²) in [6.45, 7) is 3.00. The van der Waals surface area contributed by atoms with Gasteiger partial charge in [0, 0.05) is 18.5 Å². The number of aliphatic carboxylic acids is 1. The Balaban J connectivity index is 1.43. The van der Waals surface area contributed by atoms with E-state index in [2.05, 4.69) is 10.3 Å². The highest BCUT2D eigenvalue weighted by molar-refractivity contribution is 5.76. The summed E-state index contributed by atoms with van der Waals surface area (Å²) in [5, 5.41) is 12.4. The van der Waals surface area contributed by atoms with Crippen molar-refractivity contribution in [3.8, 4) is 17.2 Å². The van der Waals surface area contributed by atoms with Gasteiger partial charge >= 0.3 is 5.97 Å². The van der Waals surface area contributed by atoms with E-state index in [-0.39, 0.29) is 0 Å². The number of aryl methyl sites for hydroxylation is 1. The highest BCUT2D eigenvalue weighted by Crippen LogP contribution is 2.28. The zero-order valence-electron chi connectivity index (χ0n) is 15.6. The van der Waals surface area contributed by atoms with Crippen LogP contribution in [0.1, 0.15) is 28.6 Å². The molecule has 0 spiro atoms. The number of benzene rings is 2. The molecule has 0 bridgehead atoms. The number of carboxylic acid groups (broad SMARTS) is 1. The average Bonchev–Trinajstić information content (AvgIpc) is 3.08. The molecule has 2 heterocycles. The molecule has 3 aromatic rings. The Labute approximate surface area is 163 Å². The SMILES string of the molecule is Cc1oc(-c2ccccc2)nc1CCOc1ccc2c(c1)C(C(=O)O)NCC2. The lowest BCUT2D eigenvalue weighted by molar-refractivity contribution is -0.139. The van der Waals surface area contributed by atoms with Crippen molar-refractivity contribution < 1.29 is 19.1 Å². The molecular weight excluding hydrogens is 356 g/mol. The van der Waals surface area contributed by atoms with E-state index in [1.165, 1.54) is 0 Å². The van der Waals surface area contributed by atoms with Crippen LogP contribution in [-0.4, -0.2) is 29.2 Å². The highest BCUT2D eigenvalue weighted by Gasteiger charge is 2.26. The first kappa shape index (κ1) is 18.3. The third kappa shape index (κ3) is 3.77. The molecule has 2 N–H and O–H groups in total. The first-order valence-electron chi connectivity index (χ1n) is 9.35. The highest BCUT2D eigenvalue weighted by atomic mass is 16.5. The number of carbonyl (C=O) groups is 1. The Bertz CT molecular complexity index is 981. The van der Waals surface area contributed by atoms with Gasteiger partial charge in [-0.05, 0) is 48.7 Å². The summed E-state index contributed by atoms with van der Waals surface area (Å²) < 4.78 is 11.6. The number of nitrogens with one attached hydrogen (secondary N) is 1. The molecule has 0 saturated carbocycles. The van der Waals surface area contributed by atoms with Crippen molar-refractivity contribution in [2.45, 2.75) is 25.8 Å². The first-order chi connectivity index (χ1) is 13.6. The molecule has 6 heteroatoms. The Kier molecular flexibility index (Phi) is 5.12. The van der Waals surface area contributed by atoms with Crippen LogP contribution in [0.25, 0.3) is 11.5 Å². The van der Waals surface area contributed by atoms with Crippen molar-refractivity contribution in [3.63, 3.8) is 0 Å². The van der Waals surface area contributed by atoms with Gasteiger partial charge in [-0.3, -0.25) is 4.79 Å². The van der Waals surface area contributed by atoms with E-state index in [9.17, 15) is 9.90 Å². The van der Waals surface area contributed by atoms with Gasteiger partial charge in [0.1, 0.15) is 17.6 Å². The Morgan fingerprint density at radius 3 is 2.89 bits per heavy atom. The molecule has 0 saturated heterocycles. The van der Waals surface area contributed by atoms with Crippen molar-refractivity contribution in [1.82, 2.24) is 10.3 Å². The van der Waals surface area contributed by atoms with Gasteiger partial charge in [-0.15, -0.1) is 0 Å². The van der Waals surface area contributed by atoms with Crippen LogP contribution < -0.4 is 10.1 Å². The summed E-state index contributed by atoms with van der Waals surface area (Å²) in [6, 6.07) is 14.8. The van der Waals surface area contributed by atoms with Gasteiger partial charge in [-0.25, -0.2) is 4.98 Å². The maximum Gasteiger partial charge on any atom is 0.325 e. The van der Waals surface area contributed by atoms with Crippen LogP contribution in [0, 0.1) is 6.92 Å². The monoisotopic (exact) mass is 378 g/mol. The summed E-state index contributed by atoms with van der Waals surface area (Å²) in [7, 11) is 0. The van der Waals surface area contributed by atoms with Gasteiger partial charge in [-0.2, -0.15) is 0 Å². The third-order valence-corrected chi connectivity index (χ3v) is 4.94. The summed E-state index contributed by atoms with van der Waals surface area (Å²) >= 11 is 0. The van der Waals surface area contributed by atoms with Crippen LogP contribution in [0.15, 0.2) is 52.9 Å². The molecule has 1 unspecified atom stereocenters. The minimum Gasteiger partial charge on any atom is -0.493 e. The molecule has 144 valence electrons. The molecule has 1 aliphatic rings. The molecular formula is C22H22N2O4. The largest absolute Gasteiger partial charge is 0.493 e. The number of fused-ring (bicyclic) bond motifs is 1. The number of ether oxygens (including phenoxy) is 1. The lowest BCUT2D eigenvalue weighted by atomic mass is 9.94. The number of hydrogen-bond acceptors (Lipinski definition) is 5. The standard InChI is InChI=1S/C22H22N2O4/c1-14-19(24-21(28-14)16-5-3-2-4-6-16)10-12-27-17-8-7-15-9-11-23-20(22(25)26)18(15)13-17/h2-8,13,20,23H,9-12H2,1H3,(H,25,26). The average molecular weight is 378 g/mol. The van der Waals surface area contributed by atoms with E-state index >= 15 is 0 Å². The van der Waals surface area contributed by atoms with Crippen LogP contribution in [0.2, 0.25) is 0 Å². The fraction of sp³-hybridized carbons (Fsp3) is 0.273. The molecule has 0 amide bonds. The Morgan fingerprint density at radius 1 is 1.29 bits per heavy atom. The topological polar surface area (TPSA) is 84.6 Å². The van der Waals surface area contributed by atoms with Gasteiger partial charge < -0.3 is 19.6 Å². The summed E-state index contributed by atoms with van der Waals surface area (Å²) in [5.41, 5.74) is 3.64. The molecule has 0 fully saturated rings. The molecule has 1 atom stereocenters. The number of oxazole rings is 1. The minimum absolute atomic E-state index is 0.436. The van der Waals surface area contributed by atoms with E-state index in [0.29, 0.717) is 31.2 Å². The second-order valence-electron chi connectivity index (χ2n) is 6.82. The maximum absolute atomic E-state index is 11.5. The molecule has 1 aliphatic heterocycles. The third-order valence-electron chi connectivity index (χ3n) is 4.94. The zero-order chi connectivity index (χ0) is 19.5. The van der Waals surface area contributed by atoms with E-state index < -0.39 is 12.0 Å². The number of rotatable bonds is 6. The Hall–Kier alpha value is -3.12. The van der Waals surface area contributed by atoms with Crippen molar-refractivity contribution in [2.75, 3.05) is 13.2 Å². The molecule has 0 radical (unpaired) electrons. The summed E-state index contributed by atoms with van der Waals surface area (Å²) in [6.07, 6.45) is 1.43. The second kappa shape index (κ2) is 7.86. The predicted molar refractivity (Wildman–Crippen MR) is 104 cm³/mol. The quantitative estimate of drug-likeness (QED) is 0.682. The van der Waals surface area contributed by atoms with Gasteiger partial charge in [0.2, 0.25) is 5.89 Å². The van der Waals surface area contributed by atoms with Crippen LogP contribution in [-0.2, 0) is 17.6 Å². The van der Waals surface area contributed by atoms with E-state index in [1.807, 2.05) is 55.5 Å². The van der Waals surface area contributed by atoms with Crippen LogP contribution in [0.5, 0.6) is 5.75 Å². The second-order valence-corrected chi connectivity index (χ2v) is 6.82. The van der Waals surface area contributed by atoms with Gasteiger partial charge in [0.25, 0.3) is 0 Å². The van der Waals surface area contributed by atoms with E-state index in [1.54, 1.807) is 0 Å². The van der Waals surface area contributed by atoms with Crippen molar-refractivity contribution in [2.24, 2.45) is 0 Å². The normalized spacial score (nSPS) is 15.8. The lowest BCUT2D eigenvalue weighted by Gasteiger charge is -2.24. The van der Waals surface area contributed by atoms with E-state index in [0.717, 1.165) is 34.6 Å². The smallest absolute Gasteiger partial charge is 0.325 e. The van der Waals surface area contributed by atoms with Crippen molar-refractivity contribution >= 4 is 5.97 Å². The zero-order valence-corrected chi connectivity index (χ0v) is 15.6. The molecule has 28 heavy (non-hydrogen) atoms. The van der Waals surface area contributed by atoms with Crippen LogP contribution >= 0.6 is 0 Å². The van der Waals surface area contributed by atoms with E-state index in [4.69, 9.17) is 9.15 Å². The summed E-state index contributed by atoms with van der Waals surface area (Å²) in [5.74, 6) is 1.18. The number of hydrogen-bond donors (Lipinski definition) is 2. The molecule has 1 aromatic heterocycles. The number of nitrogens with zero attached hydrogens (tertiary/aromatic N) is 1. The molecule has 4 rings (SSSR count). The number of carboxylic acids is 1. The fourth-order valence-corrected chi connectivity index (χ4v) is 3.47. The molecule has 0 aliphatic carbocycles. The summed E-state index contributed by atoms with van der Waals surface area (Å²) in [4.78, 5) is 16.0. The Morgan fingerprint density at radius 2 is 2.11 bits per heavy atom. The van der Waals surface area contributed by atoms with Crippen LogP contribution in [0.4, 0.5) is 0 Å². The fourth-order valence-electron chi connectivity index (χ4n) is 3.47. The van der Waals surface area contributed by atoms with Crippen LogP contribution in [0.3, 0.4) is 0 Å². The van der Waals surface area contributed by atoms with Gasteiger partial charge in [0.05, 0.1) is 12.3 Å². The maximum atomic E-state index is 11.5. The molecule has 6 nitrogen and oxygen atoms in total. The molecule has 2 aromatic carbocycles. The van der Waals surface area contributed by atoms with Gasteiger partial charge in [-0.1, -0.05) is 24.3 Å².